The van der Waals surface area contributed by atoms with Crippen molar-refractivity contribution < 1.29 is 23.8 Å². The Kier molecular flexibility index (Phi) is 6.65. The van der Waals surface area contributed by atoms with Gasteiger partial charge in [-0.1, -0.05) is 31.5 Å². The van der Waals surface area contributed by atoms with Gasteiger partial charge in [-0.3, -0.25) is 10.2 Å². The Morgan fingerprint density at radius 3 is 2.89 bits per heavy atom. The summed E-state index contributed by atoms with van der Waals surface area (Å²) < 4.78 is 16.5. The minimum absolute atomic E-state index is 0.0936. The molecule has 2 heterocycles. The van der Waals surface area contributed by atoms with E-state index in [4.69, 9.17) is 14.2 Å². The van der Waals surface area contributed by atoms with Crippen molar-refractivity contribution in [1.29, 1.82) is 0 Å². The van der Waals surface area contributed by atoms with Crippen LogP contribution in [0, 0.1) is 0 Å². The van der Waals surface area contributed by atoms with Gasteiger partial charge in [-0.25, -0.2) is 4.79 Å². The zero-order chi connectivity index (χ0) is 19.8. The molecule has 0 saturated carbocycles. The summed E-state index contributed by atoms with van der Waals surface area (Å²) in [7, 11) is 0. The molecule has 1 saturated heterocycles. The average Bonchev–Trinajstić information content (AvgIpc) is 3.19. The summed E-state index contributed by atoms with van der Waals surface area (Å²) in [5.41, 5.74) is 1.92. The summed E-state index contributed by atoms with van der Waals surface area (Å²) in [6.07, 6.45) is 4.48. The van der Waals surface area contributed by atoms with Gasteiger partial charge in [0.2, 0.25) is 6.23 Å². The van der Waals surface area contributed by atoms with Gasteiger partial charge >= 0.3 is 5.97 Å². The van der Waals surface area contributed by atoms with Crippen LogP contribution in [-0.2, 0) is 19.1 Å². The van der Waals surface area contributed by atoms with E-state index in [2.05, 4.69) is 15.8 Å². The van der Waals surface area contributed by atoms with E-state index in [1.807, 2.05) is 37.3 Å². The Bertz CT molecular complexity index is 741. The largest absolute Gasteiger partial charge is 0.466 e. The fourth-order valence-electron chi connectivity index (χ4n) is 2.88. The predicted molar refractivity (Wildman–Crippen MR) is 103 cm³/mol. The number of amides is 1. The van der Waals surface area contributed by atoms with Crippen LogP contribution in [-0.4, -0.2) is 49.7 Å². The quantitative estimate of drug-likeness (QED) is 0.519. The molecule has 3 rings (SSSR count). The van der Waals surface area contributed by atoms with Crippen LogP contribution in [0.4, 0.5) is 0 Å². The van der Waals surface area contributed by atoms with Crippen molar-refractivity contribution >= 4 is 18.1 Å². The van der Waals surface area contributed by atoms with Crippen molar-refractivity contribution in [3.8, 4) is 5.75 Å². The SMILES string of the molecule is CCCCOC(=O)[C@]1(NC(=O)C2=CC(Oc3ccccc3)NN=C2)CCOC1. The zero-order valence-electron chi connectivity index (χ0n) is 15.8. The van der Waals surface area contributed by atoms with Crippen LogP contribution in [0.25, 0.3) is 0 Å². The van der Waals surface area contributed by atoms with Crippen LogP contribution in [0.2, 0.25) is 0 Å². The summed E-state index contributed by atoms with van der Waals surface area (Å²) in [6.45, 7) is 2.82. The Hall–Kier alpha value is -2.87. The highest BCUT2D eigenvalue weighted by atomic mass is 16.5. The Morgan fingerprint density at radius 1 is 1.36 bits per heavy atom. The molecular formula is C20H25N3O5. The normalized spacial score (nSPS) is 23.5. The van der Waals surface area contributed by atoms with Crippen LogP contribution in [0.15, 0.2) is 47.1 Å². The number of ether oxygens (including phenoxy) is 3. The number of nitrogens with one attached hydrogen (secondary N) is 2. The number of rotatable bonds is 8. The number of esters is 1. The third-order valence-corrected chi connectivity index (χ3v) is 4.50. The van der Waals surface area contributed by atoms with Gasteiger partial charge in [0, 0.05) is 13.0 Å². The first-order valence-electron chi connectivity index (χ1n) is 9.42. The maximum Gasteiger partial charge on any atom is 0.334 e. The molecule has 0 spiro atoms. The fourth-order valence-corrected chi connectivity index (χ4v) is 2.88. The van der Waals surface area contributed by atoms with Crippen molar-refractivity contribution in [2.75, 3.05) is 19.8 Å². The van der Waals surface area contributed by atoms with Gasteiger partial charge < -0.3 is 19.5 Å². The molecule has 0 aromatic heterocycles. The van der Waals surface area contributed by atoms with E-state index in [1.165, 1.54) is 6.21 Å². The second-order valence-electron chi connectivity index (χ2n) is 6.69. The summed E-state index contributed by atoms with van der Waals surface area (Å²) in [5.74, 6) is -0.242. The van der Waals surface area contributed by atoms with E-state index < -0.39 is 23.6 Å². The molecule has 0 radical (unpaired) electrons. The van der Waals surface area contributed by atoms with Gasteiger partial charge in [-0.15, -0.1) is 0 Å². The van der Waals surface area contributed by atoms with E-state index in [-0.39, 0.29) is 6.61 Å². The molecule has 8 heteroatoms. The molecule has 0 aliphatic carbocycles. The first kappa shape index (κ1) is 19.9. The lowest BCUT2D eigenvalue weighted by molar-refractivity contribution is -0.153. The van der Waals surface area contributed by atoms with Crippen LogP contribution >= 0.6 is 0 Å². The molecule has 0 bridgehead atoms. The number of benzene rings is 1. The molecule has 150 valence electrons. The summed E-state index contributed by atoms with van der Waals surface area (Å²) in [5, 5.41) is 6.78. The Morgan fingerprint density at radius 2 is 2.18 bits per heavy atom. The van der Waals surface area contributed by atoms with Crippen molar-refractivity contribution in [1.82, 2.24) is 10.7 Å². The number of nitrogens with zero attached hydrogens (tertiary/aromatic N) is 1. The molecule has 1 unspecified atom stereocenters. The van der Waals surface area contributed by atoms with Crippen molar-refractivity contribution in [3.63, 3.8) is 0 Å². The smallest absolute Gasteiger partial charge is 0.334 e. The van der Waals surface area contributed by atoms with Gasteiger partial charge in [-0.2, -0.15) is 5.10 Å². The van der Waals surface area contributed by atoms with Crippen LogP contribution < -0.4 is 15.5 Å². The molecule has 1 aromatic rings. The molecule has 1 amide bonds. The van der Waals surface area contributed by atoms with Crippen LogP contribution in [0.3, 0.4) is 0 Å². The van der Waals surface area contributed by atoms with Crippen molar-refractivity contribution in [2.45, 2.75) is 38.0 Å². The van der Waals surface area contributed by atoms with E-state index >= 15 is 0 Å². The molecule has 28 heavy (non-hydrogen) atoms. The number of carbonyl (C=O) groups is 2. The lowest BCUT2D eigenvalue weighted by Gasteiger charge is -2.27. The lowest BCUT2D eigenvalue weighted by Crippen LogP contribution is -2.56. The highest BCUT2D eigenvalue weighted by Gasteiger charge is 2.45. The number of hydrogen-bond acceptors (Lipinski definition) is 7. The highest BCUT2D eigenvalue weighted by Crippen LogP contribution is 2.22. The van der Waals surface area contributed by atoms with E-state index in [0.29, 0.717) is 31.0 Å². The third-order valence-electron chi connectivity index (χ3n) is 4.50. The van der Waals surface area contributed by atoms with Crippen molar-refractivity contribution in [3.05, 3.63) is 42.0 Å². The van der Waals surface area contributed by atoms with Gasteiger partial charge in [-0.05, 0) is 24.6 Å². The standard InChI is InChI=1S/C20H25N3O5/c1-2-3-10-27-19(25)20(9-11-26-14-20)22-18(24)15-12-17(23-21-13-15)28-16-7-5-4-6-8-16/h4-8,12-13,17,23H,2-3,9-11,14H2,1H3,(H,22,24)/t17?,20-/m0/s1. The molecule has 2 N–H and O–H groups in total. The molecule has 8 nitrogen and oxygen atoms in total. The molecular weight excluding hydrogens is 362 g/mol. The van der Waals surface area contributed by atoms with Gasteiger partial charge in [0.25, 0.3) is 5.91 Å². The van der Waals surface area contributed by atoms with E-state index in [1.54, 1.807) is 6.08 Å². The topological polar surface area (TPSA) is 98.2 Å². The molecule has 2 atom stereocenters. The molecule has 2 aliphatic rings. The number of unbranched alkanes of at least 4 members (excludes halogenated alkanes) is 1. The lowest BCUT2D eigenvalue weighted by atomic mass is 9.98. The maximum atomic E-state index is 12.8. The Balaban J connectivity index is 1.65. The zero-order valence-corrected chi connectivity index (χ0v) is 15.8. The highest BCUT2D eigenvalue weighted by molar-refractivity contribution is 6.13. The van der Waals surface area contributed by atoms with E-state index in [0.717, 1.165) is 12.8 Å². The number of para-hydroxylation sites is 1. The second kappa shape index (κ2) is 9.36. The molecule has 2 aliphatic heterocycles. The van der Waals surface area contributed by atoms with Gasteiger partial charge in [0.1, 0.15) is 5.75 Å². The third kappa shape index (κ3) is 4.89. The second-order valence-corrected chi connectivity index (χ2v) is 6.69. The van der Waals surface area contributed by atoms with E-state index in [9.17, 15) is 9.59 Å². The summed E-state index contributed by atoms with van der Waals surface area (Å²) in [4.78, 5) is 25.3. The fraction of sp³-hybridized carbons (Fsp3) is 0.450. The minimum Gasteiger partial charge on any atom is -0.466 e. The Labute approximate surface area is 163 Å². The maximum absolute atomic E-state index is 12.8. The minimum atomic E-state index is -1.17. The summed E-state index contributed by atoms with van der Waals surface area (Å²) >= 11 is 0. The van der Waals surface area contributed by atoms with Crippen LogP contribution in [0.1, 0.15) is 26.2 Å². The summed E-state index contributed by atoms with van der Waals surface area (Å²) in [6, 6.07) is 9.21. The predicted octanol–water partition coefficient (Wildman–Crippen LogP) is 1.53. The number of hydrazone groups is 1. The van der Waals surface area contributed by atoms with Gasteiger partial charge in [0.15, 0.2) is 5.54 Å². The van der Waals surface area contributed by atoms with Crippen molar-refractivity contribution in [2.24, 2.45) is 5.10 Å². The monoisotopic (exact) mass is 387 g/mol. The number of hydrogen-bond donors (Lipinski definition) is 2. The first-order chi connectivity index (χ1) is 13.6. The van der Waals surface area contributed by atoms with Gasteiger partial charge in [0.05, 0.1) is 25.0 Å². The first-order valence-corrected chi connectivity index (χ1v) is 9.42. The molecule has 1 aromatic carbocycles. The number of carbonyl (C=O) groups excluding carboxylic acids is 2. The molecule has 1 fully saturated rings. The van der Waals surface area contributed by atoms with Crippen LogP contribution in [0.5, 0.6) is 5.75 Å². The average molecular weight is 387 g/mol.